The van der Waals surface area contributed by atoms with Gasteiger partial charge < -0.3 is 0 Å². The maximum Gasteiger partial charge on any atom is 0.397 e. The standard InChI is InChI=1S/C28H46O4S/c1-18(2)19(3)7-8-20(4)24-11-12-25-23-10-9-21-17-22(32-33(29,30)31)13-15-27(21,5)26(23)14-16-28(24,25)6/h7-9,18-20,22-26H,10-17H2,1-6H3,(H,29,30,31). The summed E-state index contributed by atoms with van der Waals surface area (Å²) in [6.45, 7) is 14.4. The van der Waals surface area contributed by atoms with Crippen LogP contribution in [0, 0.1) is 52.3 Å². The van der Waals surface area contributed by atoms with Gasteiger partial charge in [0, 0.05) is 0 Å². The molecule has 3 fully saturated rings. The molecule has 0 aliphatic heterocycles. The van der Waals surface area contributed by atoms with Crippen molar-refractivity contribution in [3.05, 3.63) is 23.8 Å². The van der Waals surface area contributed by atoms with Crippen LogP contribution in [0.25, 0.3) is 0 Å². The van der Waals surface area contributed by atoms with Gasteiger partial charge in [-0.05, 0) is 104 Å². The molecule has 0 bridgehead atoms. The molecule has 0 aromatic carbocycles. The normalized spacial score (nSPS) is 43.0. The second-order valence-electron chi connectivity index (χ2n) is 12.7. The van der Waals surface area contributed by atoms with Gasteiger partial charge in [-0.15, -0.1) is 0 Å². The average Bonchev–Trinajstić information content (AvgIpc) is 3.08. The fraction of sp³-hybridized carbons (Fsp3) is 0.857. The van der Waals surface area contributed by atoms with Crippen molar-refractivity contribution in [3.63, 3.8) is 0 Å². The van der Waals surface area contributed by atoms with Crippen LogP contribution in [0.5, 0.6) is 0 Å². The van der Waals surface area contributed by atoms with Crippen LogP contribution in [0.3, 0.4) is 0 Å². The van der Waals surface area contributed by atoms with E-state index in [1.54, 1.807) is 0 Å². The van der Waals surface area contributed by atoms with Crippen LogP contribution in [0.4, 0.5) is 0 Å². The molecule has 0 spiro atoms. The third-order valence-corrected chi connectivity index (χ3v) is 11.3. The Hall–Kier alpha value is -0.650. The van der Waals surface area contributed by atoms with Crippen molar-refractivity contribution < 1.29 is 17.2 Å². The van der Waals surface area contributed by atoms with Crippen LogP contribution in [-0.4, -0.2) is 19.1 Å². The van der Waals surface area contributed by atoms with Crippen molar-refractivity contribution in [2.45, 2.75) is 99.0 Å². The van der Waals surface area contributed by atoms with Gasteiger partial charge in [-0.2, -0.15) is 8.42 Å². The van der Waals surface area contributed by atoms with Crippen molar-refractivity contribution in [2.24, 2.45) is 52.3 Å². The minimum absolute atomic E-state index is 0.152. The van der Waals surface area contributed by atoms with E-state index in [0.29, 0.717) is 41.9 Å². The van der Waals surface area contributed by atoms with Crippen LogP contribution in [0.2, 0.25) is 0 Å². The zero-order valence-electron chi connectivity index (χ0n) is 21.6. The molecule has 4 aliphatic carbocycles. The summed E-state index contributed by atoms with van der Waals surface area (Å²) >= 11 is 0. The van der Waals surface area contributed by atoms with E-state index >= 15 is 0 Å². The van der Waals surface area contributed by atoms with Crippen molar-refractivity contribution in [3.8, 4) is 0 Å². The molecule has 0 radical (unpaired) electrons. The molecule has 4 nitrogen and oxygen atoms in total. The Labute approximate surface area is 202 Å². The van der Waals surface area contributed by atoms with E-state index in [0.717, 1.165) is 30.6 Å². The van der Waals surface area contributed by atoms with E-state index < -0.39 is 16.5 Å². The summed E-state index contributed by atoms with van der Waals surface area (Å²) in [6, 6.07) is 0. The minimum Gasteiger partial charge on any atom is -0.264 e. The molecule has 4 aliphatic rings. The quantitative estimate of drug-likeness (QED) is 0.323. The Morgan fingerprint density at radius 2 is 1.76 bits per heavy atom. The second kappa shape index (κ2) is 9.09. The van der Waals surface area contributed by atoms with Crippen LogP contribution in [0.15, 0.2) is 23.8 Å². The topological polar surface area (TPSA) is 63.6 Å². The molecule has 9 unspecified atom stereocenters. The first-order valence-corrected chi connectivity index (χ1v) is 14.7. The van der Waals surface area contributed by atoms with Gasteiger partial charge in [0.05, 0.1) is 6.10 Å². The molecular weight excluding hydrogens is 432 g/mol. The third-order valence-electron chi connectivity index (χ3n) is 10.8. The van der Waals surface area contributed by atoms with Crippen LogP contribution in [-0.2, 0) is 14.6 Å². The Bertz CT molecular complexity index is 890. The van der Waals surface area contributed by atoms with E-state index in [2.05, 4.69) is 59.8 Å². The molecule has 3 saturated carbocycles. The highest BCUT2D eigenvalue weighted by Crippen LogP contribution is 2.67. The molecule has 9 atom stereocenters. The molecule has 5 heteroatoms. The lowest BCUT2D eigenvalue weighted by Crippen LogP contribution is -2.51. The first-order chi connectivity index (χ1) is 15.3. The highest BCUT2D eigenvalue weighted by Gasteiger charge is 2.59. The largest absolute Gasteiger partial charge is 0.397 e. The van der Waals surface area contributed by atoms with Crippen LogP contribution >= 0.6 is 0 Å². The Morgan fingerprint density at radius 3 is 2.42 bits per heavy atom. The van der Waals surface area contributed by atoms with Gasteiger partial charge in [-0.3, -0.25) is 4.55 Å². The molecule has 33 heavy (non-hydrogen) atoms. The van der Waals surface area contributed by atoms with E-state index in [9.17, 15) is 8.42 Å². The molecule has 188 valence electrons. The Balaban J connectivity index is 1.50. The van der Waals surface area contributed by atoms with Crippen LogP contribution < -0.4 is 0 Å². The monoisotopic (exact) mass is 478 g/mol. The van der Waals surface area contributed by atoms with Crippen molar-refractivity contribution in [1.29, 1.82) is 0 Å². The van der Waals surface area contributed by atoms with Gasteiger partial charge in [-0.1, -0.05) is 65.3 Å². The molecule has 0 aromatic rings. The van der Waals surface area contributed by atoms with Crippen molar-refractivity contribution in [1.82, 2.24) is 0 Å². The summed E-state index contributed by atoms with van der Waals surface area (Å²) in [7, 11) is -4.39. The summed E-state index contributed by atoms with van der Waals surface area (Å²) < 4.78 is 36.6. The molecule has 0 heterocycles. The number of hydrogen-bond acceptors (Lipinski definition) is 3. The molecule has 0 saturated heterocycles. The fourth-order valence-corrected chi connectivity index (χ4v) is 9.00. The molecule has 1 N–H and O–H groups in total. The summed E-state index contributed by atoms with van der Waals surface area (Å²) in [6.07, 6.45) is 15.7. The smallest absolute Gasteiger partial charge is 0.264 e. The van der Waals surface area contributed by atoms with Gasteiger partial charge in [0.1, 0.15) is 0 Å². The van der Waals surface area contributed by atoms with Gasteiger partial charge in [-0.25, -0.2) is 4.18 Å². The molecule has 0 amide bonds. The van der Waals surface area contributed by atoms with Gasteiger partial charge in [0.15, 0.2) is 0 Å². The summed E-state index contributed by atoms with van der Waals surface area (Å²) in [5, 5.41) is 0. The summed E-state index contributed by atoms with van der Waals surface area (Å²) in [5.74, 6) is 4.96. The first-order valence-electron chi connectivity index (χ1n) is 13.4. The van der Waals surface area contributed by atoms with Crippen LogP contribution in [0.1, 0.15) is 92.9 Å². The fourth-order valence-electron chi connectivity index (χ4n) is 8.49. The minimum atomic E-state index is -4.39. The number of allylic oxidation sites excluding steroid dienone is 3. The third kappa shape index (κ3) is 4.76. The average molecular weight is 479 g/mol. The van der Waals surface area contributed by atoms with E-state index in [-0.39, 0.29) is 5.41 Å². The number of hydrogen-bond donors (Lipinski definition) is 1. The van der Waals surface area contributed by atoms with Gasteiger partial charge in [0.2, 0.25) is 0 Å². The predicted molar refractivity (Wildman–Crippen MR) is 134 cm³/mol. The molecule has 0 aromatic heterocycles. The van der Waals surface area contributed by atoms with E-state index in [1.165, 1.54) is 31.3 Å². The zero-order chi connectivity index (χ0) is 24.2. The summed E-state index contributed by atoms with van der Waals surface area (Å²) in [5.41, 5.74) is 1.96. The zero-order valence-corrected chi connectivity index (χ0v) is 22.4. The molecular formula is C28H46O4S. The Kier molecular flexibility index (Phi) is 7.01. The van der Waals surface area contributed by atoms with Crippen molar-refractivity contribution >= 4 is 10.4 Å². The maximum atomic E-state index is 11.2. The SMILES string of the molecule is CC(C)C(C)C=CC(C)C1CCC2C3CC=C4CC(OS(=O)(=O)O)CCC4(C)C3CCC12C. The number of rotatable bonds is 6. The molecule has 4 rings (SSSR count). The lowest BCUT2D eigenvalue weighted by atomic mass is 9.47. The van der Waals surface area contributed by atoms with Gasteiger partial charge in [0.25, 0.3) is 0 Å². The van der Waals surface area contributed by atoms with Crippen molar-refractivity contribution in [2.75, 3.05) is 0 Å². The van der Waals surface area contributed by atoms with E-state index in [1.807, 2.05) is 0 Å². The highest BCUT2D eigenvalue weighted by atomic mass is 32.3. The Morgan fingerprint density at radius 1 is 1.03 bits per heavy atom. The highest BCUT2D eigenvalue weighted by molar-refractivity contribution is 7.80. The second-order valence-corrected chi connectivity index (χ2v) is 13.8. The maximum absolute atomic E-state index is 11.2. The summed E-state index contributed by atoms with van der Waals surface area (Å²) in [4.78, 5) is 0. The van der Waals surface area contributed by atoms with E-state index in [4.69, 9.17) is 8.74 Å². The number of fused-ring (bicyclic) bond motifs is 5. The lowest BCUT2D eigenvalue weighted by Gasteiger charge is -2.58. The lowest BCUT2D eigenvalue weighted by molar-refractivity contribution is -0.0527. The first kappa shape index (κ1) is 25.4. The van der Waals surface area contributed by atoms with Gasteiger partial charge >= 0.3 is 10.4 Å². The predicted octanol–water partition coefficient (Wildman–Crippen LogP) is 7.24.